The van der Waals surface area contributed by atoms with Crippen molar-refractivity contribution in [3.05, 3.63) is 65.1 Å². The van der Waals surface area contributed by atoms with Gasteiger partial charge in [0.05, 0.1) is 17.3 Å². The molecule has 2 aromatic heterocycles. The van der Waals surface area contributed by atoms with Crippen molar-refractivity contribution in [2.45, 2.75) is 91.3 Å². The maximum absolute atomic E-state index is 13.7. The molecule has 1 atom stereocenters. The lowest BCUT2D eigenvalue weighted by Crippen LogP contribution is -2.50. The number of nitrogens with one attached hydrogen (secondary N) is 2. The van der Waals surface area contributed by atoms with Crippen molar-refractivity contribution in [3.8, 4) is 11.1 Å². The van der Waals surface area contributed by atoms with E-state index < -0.39 is 6.23 Å². The summed E-state index contributed by atoms with van der Waals surface area (Å²) in [5.74, 6) is 3.79. The number of aromatic nitrogens is 3. The summed E-state index contributed by atoms with van der Waals surface area (Å²) in [7, 11) is 0. The van der Waals surface area contributed by atoms with Crippen molar-refractivity contribution < 1.29 is 14.7 Å². The highest BCUT2D eigenvalue weighted by Gasteiger charge is 2.50. The van der Waals surface area contributed by atoms with E-state index in [0.717, 1.165) is 95.0 Å². The number of hydrogen-bond acceptors (Lipinski definition) is 7. The van der Waals surface area contributed by atoms with Crippen LogP contribution < -0.4 is 15.5 Å². The van der Waals surface area contributed by atoms with Gasteiger partial charge in [-0.25, -0.2) is 4.98 Å². The van der Waals surface area contributed by atoms with Gasteiger partial charge in [0.1, 0.15) is 12.0 Å². The van der Waals surface area contributed by atoms with Gasteiger partial charge in [-0.15, -0.1) is 0 Å². The average Bonchev–Trinajstić information content (AvgIpc) is 3.54. The number of carbonyl (C=O) groups excluding carboxylic acids is 2. The minimum Gasteiger partial charge on any atom is -0.370 e. The fourth-order valence-electron chi connectivity index (χ4n) is 10.5. The van der Waals surface area contributed by atoms with E-state index >= 15 is 0 Å². The van der Waals surface area contributed by atoms with E-state index in [2.05, 4.69) is 51.5 Å². The topological polar surface area (TPSA) is 116 Å². The fraction of sp³-hybridized carbons (Fsp3) is 0.561. The molecule has 6 aliphatic rings. The van der Waals surface area contributed by atoms with E-state index in [1.807, 2.05) is 42.9 Å². The molecular formula is C41H53N7O3. The zero-order valence-corrected chi connectivity index (χ0v) is 30.6. The van der Waals surface area contributed by atoms with Gasteiger partial charge in [0.15, 0.2) is 0 Å². The first-order valence-electron chi connectivity index (χ1n) is 19.2. The Morgan fingerprint density at radius 2 is 1.69 bits per heavy atom. The van der Waals surface area contributed by atoms with Crippen LogP contribution in [0.5, 0.6) is 0 Å². The van der Waals surface area contributed by atoms with Gasteiger partial charge in [-0.05, 0) is 137 Å². The molecule has 270 valence electrons. The van der Waals surface area contributed by atoms with Crippen LogP contribution in [0.15, 0.2) is 59.6 Å². The Balaban J connectivity index is 0.930. The number of aliphatic hydroxyl groups is 1. The minimum atomic E-state index is -0.838. The zero-order chi connectivity index (χ0) is 35.4. The number of amides is 2. The summed E-state index contributed by atoms with van der Waals surface area (Å²) in [6.07, 6.45) is 15.0. The number of fused-ring (bicyclic) bond motifs is 1. The van der Waals surface area contributed by atoms with Gasteiger partial charge in [-0.1, -0.05) is 0 Å². The molecule has 10 nitrogen and oxygen atoms in total. The first kappa shape index (κ1) is 33.9. The van der Waals surface area contributed by atoms with Gasteiger partial charge in [0, 0.05) is 73.6 Å². The molecule has 2 amide bonds. The van der Waals surface area contributed by atoms with Crippen molar-refractivity contribution in [3.63, 3.8) is 0 Å². The molecule has 1 unspecified atom stereocenters. The van der Waals surface area contributed by atoms with Gasteiger partial charge in [0.25, 0.3) is 5.91 Å². The van der Waals surface area contributed by atoms with Crippen LogP contribution in [0.4, 0.5) is 5.82 Å². The lowest BCUT2D eigenvalue weighted by atomic mass is 9.48. The molecule has 3 N–H and O–H groups in total. The summed E-state index contributed by atoms with van der Waals surface area (Å²) >= 11 is 0. The monoisotopic (exact) mass is 691 g/mol. The number of anilines is 1. The molecule has 1 saturated heterocycles. The second-order valence-corrected chi connectivity index (χ2v) is 16.6. The second kappa shape index (κ2) is 13.4. The number of rotatable bonds is 9. The van der Waals surface area contributed by atoms with E-state index in [1.54, 1.807) is 6.20 Å². The van der Waals surface area contributed by atoms with E-state index in [0.29, 0.717) is 23.3 Å². The first-order chi connectivity index (χ1) is 24.5. The molecule has 10 heteroatoms. The van der Waals surface area contributed by atoms with Crippen LogP contribution in [0.3, 0.4) is 0 Å². The van der Waals surface area contributed by atoms with Gasteiger partial charge >= 0.3 is 0 Å². The number of aliphatic hydroxyl groups excluding tert-OH is 1. The smallest absolute Gasteiger partial charge is 0.252 e. The molecular weight excluding hydrogens is 638 g/mol. The third-order valence-corrected chi connectivity index (χ3v) is 12.6. The van der Waals surface area contributed by atoms with Crippen LogP contribution in [0.25, 0.3) is 22.0 Å². The van der Waals surface area contributed by atoms with E-state index in [1.165, 1.54) is 38.5 Å². The normalized spacial score (nSPS) is 27.3. The average molecular weight is 692 g/mol. The summed E-state index contributed by atoms with van der Waals surface area (Å²) in [4.78, 5) is 36.3. The van der Waals surface area contributed by atoms with Crippen LogP contribution in [-0.2, 0) is 4.79 Å². The van der Waals surface area contributed by atoms with Crippen LogP contribution in [0, 0.1) is 23.2 Å². The summed E-state index contributed by atoms with van der Waals surface area (Å²) in [6, 6.07) is 8.22. The number of piperazine rings is 1. The number of benzene rings is 1. The zero-order valence-electron chi connectivity index (χ0n) is 30.6. The van der Waals surface area contributed by atoms with Gasteiger partial charge < -0.3 is 25.5 Å². The molecule has 4 saturated carbocycles. The van der Waals surface area contributed by atoms with Crippen LogP contribution >= 0.6 is 0 Å². The molecule has 1 aromatic carbocycles. The molecule has 4 aliphatic carbocycles. The van der Waals surface area contributed by atoms with E-state index in [-0.39, 0.29) is 18.5 Å². The van der Waals surface area contributed by atoms with Crippen molar-refractivity contribution in [2.75, 3.05) is 37.6 Å². The molecule has 0 spiro atoms. The quantitative estimate of drug-likeness (QED) is 0.245. The third-order valence-electron chi connectivity index (χ3n) is 12.6. The number of carbonyl (C=O) groups is 2. The predicted octanol–water partition coefficient (Wildman–Crippen LogP) is 6.20. The van der Waals surface area contributed by atoms with Crippen molar-refractivity contribution in [2.24, 2.45) is 23.2 Å². The van der Waals surface area contributed by atoms with Crippen molar-refractivity contribution in [1.82, 2.24) is 30.3 Å². The third kappa shape index (κ3) is 6.67. The van der Waals surface area contributed by atoms with Gasteiger partial charge in [0.2, 0.25) is 5.91 Å². The predicted molar refractivity (Wildman–Crippen MR) is 200 cm³/mol. The molecule has 5 fully saturated rings. The number of dihydropyridines is 1. The highest BCUT2D eigenvalue weighted by molar-refractivity contribution is 6.08. The van der Waals surface area contributed by atoms with Gasteiger partial charge in [-0.2, -0.15) is 5.10 Å². The number of hydrogen-bond donors (Lipinski definition) is 3. The Hall–Kier alpha value is -4.18. The standard InChI is InChI=1S/C41H53N7O3/c1-25(2)48-36-18-32(17-33(35(36)24-44-48)39(50)43-23-34-26(3)13-27(4)45-40(34)51)31-5-6-37(42-22-31)46-9-11-47(12-10-46)38(49)7-8-41-19-28-14-29(20-41)16-30(15-28)21-41/h5-6,13,17-18,22,24-25,28-30,40,45,51H,7-12,14-16,19-21,23H2,1-4H3,(H,43,50). The number of allylic oxidation sites excluding steroid dienone is 3. The maximum Gasteiger partial charge on any atom is 0.252 e. The Bertz CT molecular complexity index is 1850. The van der Waals surface area contributed by atoms with Crippen molar-refractivity contribution >= 4 is 28.5 Å². The lowest BCUT2D eigenvalue weighted by molar-refractivity contribution is -0.133. The fourth-order valence-corrected chi connectivity index (χ4v) is 10.5. The van der Waals surface area contributed by atoms with E-state index in [4.69, 9.17) is 4.98 Å². The molecule has 2 aliphatic heterocycles. The maximum atomic E-state index is 13.7. The SMILES string of the molecule is CC1=CC(C)=C(CNC(=O)c2cc(-c3ccc(N4CCN(C(=O)CCC56CC7CC(CC(C7)C5)C6)CC4)nc3)cc3c2cnn3C(C)C)C(O)N1. The summed E-state index contributed by atoms with van der Waals surface area (Å²) in [6.45, 7) is 11.2. The molecule has 4 bridgehead atoms. The summed E-state index contributed by atoms with van der Waals surface area (Å²) in [5.41, 5.74) is 6.23. The first-order valence-corrected chi connectivity index (χ1v) is 19.2. The van der Waals surface area contributed by atoms with Crippen molar-refractivity contribution in [1.29, 1.82) is 0 Å². The molecule has 9 rings (SSSR count). The highest BCUT2D eigenvalue weighted by Crippen LogP contribution is 2.61. The van der Waals surface area contributed by atoms with Crippen LogP contribution in [0.1, 0.15) is 95.5 Å². The Morgan fingerprint density at radius 3 is 2.31 bits per heavy atom. The second-order valence-electron chi connectivity index (χ2n) is 16.6. The van der Waals surface area contributed by atoms with E-state index in [9.17, 15) is 14.7 Å². The summed E-state index contributed by atoms with van der Waals surface area (Å²) < 4.78 is 1.94. The molecule has 51 heavy (non-hydrogen) atoms. The lowest BCUT2D eigenvalue weighted by Gasteiger charge is -2.57. The Labute approximate surface area is 301 Å². The summed E-state index contributed by atoms with van der Waals surface area (Å²) in [5, 5.41) is 22.0. The Morgan fingerprint density at radius 1 is 0.980 bits per heavy atom. The number of pyridine rings is 1. The van der Waals surface area contributed by atoms with Gasteiger partial charge in [-0.3, -0.25) is 14.3 Å². The minimum absolute atomic E-state index is 0.114. The molecule has 3 aromatic rings. The highest BCUT2D eigenvalue weighted by atomic mass is 16.3. The largest absolute Gasteiger partial charge is 0.370 e. The van der Waals surface area contributed by atoms with Crippen LogP contribution in [-0.4, -0.2) is 75.5 Å². The Kier molecular flexibility index (Phi) is 8.93. The molecule has 0 radical (unpaired) electrons. The number of nitrogens with zero attached hydrogens (tertiary/aromatic N) is 5. The van der Waals surface area contributed by atoms with Crippen LogP contribution in [0.2, 0.25) is 0 Å². The molecule has 4 heterocycles.